The van der Waals surface area contributed by atoms with Crippen LogP contribution in [0.4, 0.5) is 0 Å². The number of aromatic amines is 1. The molecule has 0 aliphatic rings. The Kier molecular flexibility index (Phi) is 2.76. The number of fused-ring (bicyclic) bond motifs is 1. The molecular weight excluding hydrogens is 252 g/mol. The van der Waals surface area contributed by atoms with Gasteiger partial charge >= 0.3 is 0 Å². The molecule has 2 N–H and O–H groups in total. The SMILES string of the molecule is CC(C)(O)c1ccc(-c2cn3cccc3c(=O)[nH]2)cc1. The molecule has 0 bridgehead atoms. The van der Waals surface area contributed by atoms with Gasteiger partial charge in [0.2, 0.25) is 0 Å². The molecule has 1 aromatic carbocycles. The first-order valence-corrected chi connectivity index (χ1v) is 6.48. The Morgan fingerprint density at radius 3 is 2.50 bits per heavy atom. The van der Waals surface area contributed by atoms with Crippen LogP contribution >= 0.6 is 0 Å². The van der Waals surface area contributed by atoms with Crippen LogP contribution in [0.2, 0.25) is 0 Å². The Hall–Kier alpha value is -2.33. The van der Waals surface area contributed by atoms with E-state index < -0.39 is 5.60 Å². The number of rotatable bonds is 2. The third-order valence-corrected chi connectivity index (χ3v) is 3.43. The maximum absolute atomic E-state index is 11.9. The smallest absolute Gasteiger partial charge is 0.272 e. The van der Waals surface area contributed by atoms with Crippen molar-refractivity contribution in [2.24, 2.45) is 0 Å². The molecule has 0 atom stereocenters. The van der Waals surface area contributed by atoms with E-state index in [0.717, 1.165) is 16.8 Å². The van der Waals surface area contributed by atoms with Crippen LogP contribution in [0.15, 0.2) is 53.6 Å². The molecule has 2 heterocycles. The van der Waals surface area contributed by atoms with Gasteiger partial charge in [-0.1, -0.05) is 24.3 Å². The Balaban J connectivity index is 2.09. The molecular formula is C16H16N2O2. The van der Waals surface area contributed by atoms with Crippen molar-refractivity contribution in [3.05, 3.63) is 64.7 Å². The fourth-order valence-corrected chi connectivity index (χ4v) is 2.26. The first-order chi connectivity index (χ1) is 9.45. The molecule has 20 heavy (non-hydrogen) atoms. The van der Waals surface area contributed by atoms with Gasteiger partial charge in [-0.2, -0.15) is 0 Å². The summed E-state index contributed by atoms with van der Waals surface area (Å²) in [6.45, 7) is 3.49. The zero-order valence-corrected chi connectivity index (χ0v) is 11.4. The highest BCUT2D eigenvalue weighted by Gasteiger charge is 2.15. The van der Waals surface area contributed by atoms with E-state index in [9.17, 15) is 9.90 Å². The van der Waals surface area contributed by atoms with E-state index in [4.69, 9.17) is 0 Å². The Morgan fingerprint density at radius 1 is 1.15 bits per heavy atom. The van der Waals surface area contributed by atoms with Gasteiger partial charge in [-0.15, -0.1) is 0 Å². The predicted molar refractivity (Wildman–Crippen MR) is 78.7 cm³/mol. The van der Waals surface area contributed by atoms with Gasteiger partial charge in [0.25, 0.3) is 5.56 Å². The van der Waals surface area contributed by atoms with E-state index in [2.05, 4.69) is 4.98 Å². The van der Waals surface area contributed by atoms with E-state index in [1.165, 1.54) is 0 Å². The fourth-order valence-electron chi connectivity index (χ4n) is 2.26. The highest BCUT2D eigenvalue weighted by molar-refractivity contribution is 5.61. The van der Waals surface area contributed by atoms with Crippen LogP contribution in [0.5, 0.6) is 0 Å². The molecule has 0 radical (unpaired) electrons. The molecule has 3 rings (SSSR count). The summed E-state index contributed by atoms with van der Waals surface area (Å²) in [6.07, 6.45) is 3.73. The third kappa shape index (κ3) is 2.14. The second-order valence-corrected chi connectivity index (χ2v) is 5.43. The minimum absolute atomic E-state index is 0.112. The van der Waals surface area contributed by atoms with E-state index in [1.807, 2.05) is 42.7 Å². The maximum Gasteiger partial charge on any atom is 0.272 e. The second kappa shape index (κ2) is 4.35. The first-order valence-electron chi connectivity index (χ1n) is 6.48. The van der Waals surface area contributed by atoms with Crippen molar-refractivity contribution in [2.45, 2.75) is 19.4 Å². The zero-order valence-electron chi connectivity index (χ0n) is 11.4. The third-order valence-electron chi connectivity index (χ3n) is 3.43. The monoisotopic (exact) mass is 268 g/mol. The molecule has 4 nitrogen and oxygen atoms in total. The lowest BCUT2D eigenvalue weighted by molar-refractivity contribution is 0.0786. The quantitative estimate of drug-likeness (QED) is 0.750. The molecule has 0 spiro atoms. The lowest BCUT2D eigenvalue weighted by Crippen LogP contribution is -2.15. The lowest BCUT2D eigenvalue weighted by atomic mass is 9.97. The van der Waals surface area contributed by atoms with Crippen molar-refractivity contribution >= 4 is 5.52 Å². The molecule has 102 valence electrons. The van der Waals surface area contributed by atoms with Gasteiger partial charge in [0.15, 0.2) is 0 Å². The highest BCUT2D eigenvalue weighted by atomic mass is 16.3. The summed E-state index contributed by atoms with van der Waals surface area (Å²) in [4.78, 5) is 14.8. The number of nitrogens with zero attached hydrogens (tertiary/aromatic N) is 1. The Bertz CT molecular complexity index is 805. The molecule has 0 saturated carbocycles. The number of hydrogen-bond donors (Lipinski definition) is 2. The summed E-state index contributed by atoms with van der Waals surface area (Å²) < 4.78 is 1.80. The van der Waals surface area contributed by atoms with Gasteiger partial charge in [-0.25, -0.2) is 0 Å². The Morgan fingerprint density at radius 2 is 1.85 bits per heavy atom. The number of hydrogen-bond acceptors (Lipinski definition) is 2. The molecule has 3 aromatic rings. The summed E-state index contributed by atoms with van der Waals surface area (Å²) in [7, 11) is 0. The minimum Gasteiger partial charge on any atom is -0.386 e. The molecule has 0 aliphatic heterocycles. The second-order valence-electron chi connectivity index (χ2n) is 5.43. The van der Waals surface area contributed by atoms with Gasteiger partial charge in [0.05, 0.1) is 11.3 Å². The summed E-state index contributed by atoms with van der Waals surface area (Å²) in [6, 6.07) is 11.1. The highest BCUT2D eigenvalue weighted by Crippen LogP contribution is 2.23. The van der Waals surface area contributed by atoms with Crippen molar-refractivity contribution in [2.75, 3.05) is 0 Å². The van der Waals surface area contributed by atoms with Crippen LogP contribution in [0.3, 0.4) is 0 Å². The van der Waals surface area contributed by atoms with Crippen LogP contribution in [-0.2, 0) is 5.60 Å². The lowest BCUT2D eigenvalue weighted by Gasteiger charge is -2.17. The van der Waals surface area contributed by atoms with Crippen LogP contribution in [-0.4, -0.2) is 14.5 Å². The summed E-state index contributed by atoms with van der Waals surface area (Å²) in [5.74, 6) is 0. The molecule has 0 unspecified atom stereocenters. The first kappa shape index (κ1) is 12.7. The molecule has 0 amide bonds. The van der Waals surface area contributed by atoms with Crippen molar-refractivity contribution in [1.82, 2.24) is 9.38 Å². The fraction of sp³-hybridized carbons (Fsp3) is 0.188. The van der Waals surface area contributed by atoms with Gasteiger partial charge < -0.3 is 14.5 Å². The van der Waals surface area contributed by atoms with E-state index in [-0.39, 0.29) is 5.56 Å². The van der Waals surface area contributed by atoms with Gasteiger partial charge in [-0.3, -0.25) is 4.79 Å². The maximum atomic E-state index is 11.9. The normalized spacial score (nSPS) is 11.9. The standard InChI is InChI=1S/C16H16N2O2/c1-16(2,20)12-7-5-11(6-8-12)13-10-18-9-3-4-14(18)15(19)17-13/h3-10,20H,1-2H3,(H,17,19). The van der Waals surface area contributed by atoms with Crippen molar-refractivity contribution < 1.29 is 5.11 Å². The van der Waals surface area contributed by atoms with Crippen molar-refractivity contribution in [3.8, 4) is 11.3 Å². The number of benzene rings is 1. The molecule has 0 saturated heterocycles. The predicted octanol–water partition coefficient (Wildman–Crippen LogP) is 2.52. The number of H-pyrrole nitrogens is 1. The van der Waals surface area contributed by atoms with Crippen LogP contribution in [0.1, 0.15) is 19.4 Å². The van der Waals surface area contributed by atoms with Gasteiger partial charge in [-0.05, 0) is 37.1 Å². The number of nitrogens with one attached hydrogen (secondary N) is 1. The van der Waals surface area contributed by atoms with Crippen LogP contribution in [0, 0.1) is 0 Å². The van der Waals surface area contributed by atoms with Gasteiger partial charge in [0.1, 0.15) is 5.52 Å². The van der Waals surface area contributed by atoms with Crippen LogP contribution in [0.25, 0.3) is 16.8 Å². The number of aliphatic hydroxyl groups is 1. The average molecular weight is 268 g/mol. The zero-order chi connectivity index (χ0) is 14.3. The molecule has 4 heteroatoms. The largest absolute Gasteiger partial charge is 0.386 e. The minimum atomic E-state index is -0.865. The summed E-state index contributed by atoms with van der Waals surface area (Å²) in [5, 5.41) is 9.95. The van der Waals surface area contributed by atoms with E-state index in [1.54, 1.807) is 24.3 Å². The Labute approximate surface area is 116 Å². The van der Waals surface area contributed by atoms with Crippen LogP contribution < -0.4 is 5.56 Å². The topological polar surface area (TPSA) is 57.5 Å². The molecule has 2 aromatic heterocycles. The van der Waals surface area contributed by atoms with E-state index in [0.29, 0.717) is 5.52 Å². The van der Waals surface area contributed by atoms with Gasteiger partial charge in [0, 0.05) is 12.4 Å². The van der Waals surface area contributed by atoms with Crippen molar-refractivity contribution in [1.29, 1.82) is 0 Å². The van der Waals surface area contributed by atoms with E-state index >= 15 is 0 Å². The van der Waals surface area contributed by atoms with Crippen molar-refractivity contribution in [3.63, 3.8) is 0 Å². The number of aromatic nitrogens is 2. The molecule has 0 aliphatic carbocycles. The summed E-state index contributed by atoms with van der Waals surface area (Å²) in [5.41, 5.74) is 2.15. The molecule has 0 fully saturated rings. The average Bonchev–Trinajstić information content (AvgIpc) is 2.86. The summed E-state index contributed by atoms with van der Waals surface area (Å²) >= 11 is 0.